The first-order valence-corrected chi connectivity index (χ1v) is 20.8. The molecule has 0 amide bonds. The van der Waals surface area contributed by atoms with E-state index in [4.69, 9.17) is 10.4 Å². The lowest BCUT2D eigenvalue weighted by Gasteiger charge is -2.25. The third kappa shape index (κ3) is 10.9. The molecule has 0 atom stereocenters. The van der Waals surface area contributed by atoms with Crippen LogP contribution < -0.4 is 4.90 Å². The topological polar surface area (TPSA) is 44.9 Å². The number of rotatable bonds is 14. The molecule has 0 radical (unpaired) electrons. The van der Waals surface area contributed by atoms with E-state index in [0.29, 0.717) is 17.7 Å². The van der Waals surface area contributed by atoms with Crippen LogP contribution in [0.25, 0.3) is 17.1 Å². The van der Waals surface area contributed by atoms with E-state index in [-0.39, 0.29) is 0 Å². The van der Waals surface area contributed by atoms with Crippen LogP contribution in [0.15, 0.2) is 159 Å². The van der Waals surface area contributed by atoms with Crippen molar-refractivity contribution in [2.75, 3.05) is 4.90 Å². The van der Waals surface area contributed by atoms with Gasteiger partial charge in [-0.25, -0.2) is 4.98 Å². The highest BCUT2D eigenvalue weighted by Gasteiger charge is 2.19. The van der Waals surface area contributed by atoms with E-state index in [2.05, 4.69) is 168 Å². The van der Waals surface area contributed by atoms with Gasteiger partial charge in [-0.3, -0.25) is 9.98 Å². The van der Waals surface area contributed by atoms with Gasteiger partial charge in [0.25, 0.3) is 0 Å². The van der Waals surface area contributed by atoms with Crippen LogP contribution in [0, 0.1) is 19.3 Å². The zero-order chi connectivity index (χ0) is 41.6. The minimum Gasteiger partial charge on any atom is -0.301 e. The molecule has 0 aliphatic heterocycles. The van der Waals surface area contributed by atoms with Crippen LogP contribution in [0.4, 0.5) is 5.69 Å². The Morgan fingerprint density at radius 2 is 1.19 bits per heavy atom. The molecule has 0 saturated carbocycles. The predicted molar refractivity (Wildman–Crippen MR) is 250 cm³/mol. The summed E-state index contributed by atoms with van der Waals surface area (Å²) >= 11 is 0. The molecule has 0 aliphatic carbocycles. The highest BCUT2D eigenvalue weighted by atomic mass is 15.2. The monoisotopic (exact) mass is 766 g/mol. The number of para-hydroxylation sites is 2. The Bertz CT molecular complexity index is 2270. The number of hydrogen-bond acceptors (Lipinski definition) is 2. The van der Waals surface area contributed by atoms with Gasteiger partial charge in [-0.1, -0.05) is 162 Å². The van der Waals surface area contributed by atoms with Crippen molar-refractivity contribution in [3.05, 3.63) is 209 Å². The number of amidine groups is 1. The number of anilines is 1. The zero-order valence-corrected chi connectivity index (χ0v) is 36.0. The molecule has 0 aliphatic rings. The number of aromatic nitrogens is 2. The van der Waals surface area contributed by atoms with Crippen LogP contribution in [-0.2, 0) is 25.7 Å². The molecule has 1 aromatic heterocycles. The molecule has 1 heterocycles. The maximum atomic E-state index is 9.09. The fraction of sp³-hybridized carbons (Fsp3) is 0.259. The molecule has 0 bridgehead atoms. The van der Waals surface area contributed by atoms with Crippen molar-refractivity contribution < 1.29 is 0 Å². The van der Waals surface area contributed by atoms with Crippen molar-refractivity contribution in [1.82, 2.24) is 9.55 Å². The number of imidazole rings is 1. The predicted octanol–water partition coefficient (Wildman–Crippen LogP) is 14.1. The molecule has 0 fully saturated rings. The molecule has 4 nitrogen and oxygen atoms in total. The molecule has 298 valence electrons. The average molecular weight is 767 g/mol. The van der Waals surface area contributed by atoms with Gasteiger partial charge in [0.1, 0.15) is 11.7 Å². The minimum atomic E-state index is 0.416. The average Bonchev–Trinajstić information content (AvgIpc) is 3.73. The maximum absolute atomic E-state index is 9.09. The zero-order valence-electron chi connectivity index (χ0n) is 36.0. The number of aryl methyl sites for hydroxylation is 6. The Kier molecular flexibility index (Phi) is 15.6. The summed E-state index contributed by atoms with van der Waals surface area (Å²) in [7, 11) is 0. The summed E-state index contributed by atoms with van der Waals surface area (Å²) in [5.74, 6) is 2.26. The molecule has 0 unspecified atom stereocenters. The lowest BCUT2D eigenvalue weighted by molar-refractivity contribution is 0.806. The Hall–Kier alpha value is -6.00. The van der Waals surface area contributed by atoms with Gasteiger partial charge < -0.3 is 4.90 Å². The Balaban J connectivity index is 0.00000153. The fourth-order valence-electron chi connectivity index (χ4n) is 7.39. The number of hydrogen-bond donors (Lipinski definition) is 1. The summed E-state index contributed by atoms with van der Waals surface area (Å²) in [6, 6.07) is 39.4. The molecule has 6 aromatic rings. The van der Waals surface area contributed by atoms with E-state index in [1.54, 1.807) is 6.08 Å². The quantitative estimate of drug-likeness (QED) is 0.0519. The van der Waals surface area contributed by atoms with Crippen molar-refractivity contribution in [1.29, 1.82) is 5.41 Å². The molecular formula is C54H62N4. The third-order valence-electron chi connectivity index (χ3n) is 10.7. The second-order valence-corrected chi connectivity index (χ2v) is 15.6. The van der Waals surface area contributed by atoms with Crippen LogP contribution in [0.5, 0.6) is 0 Å². The van der Waals surface area contributed by atoms with Gasteiger partial charge in [-0.15, -0.1) is 0 Å². The molecule has 6 rings (SSSR count). The van der Waals surface area contributed by atoms with Gasteiger partial charge in [0.15, 0.2) is 0 Å². The van der Waals surface area contributed by atoms with Crippen LogP contribution >= 0.6 is 0 Å². The molecule has 0 spiro atoms. The Morgan fingerprint density at radius 1 is 0.690 bits per heavy atom. The number of benzene rings is 5. The van der Waals surface area contributed by atoms with Crippen molar-refractivity contribution in [2.45, 2.75) is 92.9 Å². The fourth-order valence-corrected chi connectivity index (χ4v) is 7.39. The summed E-state index contributed by atoms with van der Waals surface area (Å²) in [5.41, 5.74) is 14.6. The molecule has 4 heteroatoms. The van der Waals surface area contributed by atoms with Crippen LogP contribution in [0.2, 0.25) is 0 Å². The highest BCUT2D eigenvalue weighted by molar-refractivity contribution is 6.09. The second-order valence-electron chi connectivity index (χ2n) is 15.6. The molecule has 58 heavy (non-hydrogen) atoms. The van der Waals surface area contributed by atoms with E-state index in [9.17, 15) is 0 Å². The SMILES string of the molecule is C/C=C\C.C=C/C=C\N(C(=N)c1ccc(CCc2cccc(CCc3ccc(-c4nccn4-c4c(C(C)C)cccc4C(C)C)cc3)c2)cc1)c1c(C)cccc1C. The summed E-state index contributed by atoms with van der Waals surface area (Å²) in [6.07, 6.45) is 17.5. The number of nitrogens with one attached hydrogen (secondary N) is 1. The van der Waals surface area contributed by atoms with Gasteiger partial charge in [0.05, 0.1) is 11.4 Å². The smallest absolute Gasteiger partial charge is 0.144 e. The van der Waals surface area contributed by atoms with Gasteiger partial charge in [0.2, 0.25) is 0 Å². The standard InChI is InChI=1S/C50H54N4.C4H8/c1-8-9-32-53(47-37(6)13-10-14-38(47)7)49(51)43-27-23-39(24-28-43)19-21-41-15-11-16-42(34-41)22-20-40-25-29-44(30-26-40)50-52-31-33-54(50)48-45(35(2)3)17-12-18-46(48)36(4)5;1-3-4-2/h8-18,23-36,51H,1,19-22H2,2-7H3;3-4H,1-2H3/b32-9-,51-49?;4-3-. The normalized spacial score (nSPS) is 11.3. The lowest BCUT2D eigenvalue weighted by atomic mass is 9.92. The van der Waals surface area contributed by atoms with Crippen molar-refractivity contribution in [3.8, 4) is 17.1 Å². The second kappa shape index (κ2) is 21.0. The highest BCUT2D eigenvalue weighted by Crippen LogP contribution is 2.34. The first kappa shape index (κ1) is 43.1. The minimum absolute atomic E-state index is 0.416. The van der Waals surface area contributed by atoms with E-state index >= 15 is 0 Å². The van der Waals surface area contributed by atoms with Crippen LogP contribution in [0.3, 0.4) is 0 Å². The van der Waals surface area contributed by atoms with E-state index in [1.807, 2.05) is 49.4 Å². The van der Waals surface area contributed by atoms with E-state index < -0.39 is 0 Å². The summed E-state index contributed by atoms with van der Waals surface area (Å²) in [5, 5.41) is 9.09. The molecule has 5 aromatic carbocycles. The van der Waals surface area contributed by atoms with Gasteiger partial charge >= 0.3 is 0 Å². The Morgan fingerprint density at radius 3 is 1.71 bits per heavy atom. The number of allylic oxidation sites excluding steroid dienone is 4. The summed E-state index contributed by atoms with van der Waals surface area (Å²) in [6.45, 7) is 21.1. The van der Waals surface area contributed by atoms with Crippen molar-refractivity contribution in [2.24, 2.45) is 0 Å². The molecule has 0 saturated heterocycles. The van der Waals surface area contributed by atoms with E-state index in [0.717, 1.165) is 59.4 Å². The van der Waals surface area contributed by atoms with Crippen LogP contribution in [0.1, 0.15) is 103 Å². The summed E-state index contributed by atoms with van der Waals surface area (Å²) < 4.78 is 2.29. The molecule has 1 N–H and O–H groups in total. The number of nitrogens with zero attached hydrogens (tertiary/aromatic N) is 3. The largest absolute Gasteiger partial charge is 0.301 e. The summed E-state index contributed by atoms with van der Waals surface area (Å²) in [4.78, 5) is 6.78. The molecular weight excluding hydrogens is 705 g/mol. The third-order valence-corrected chi connectivity index (χ3v) is 10.7. The van der Waals surface area contributed by atoms with Crippen LogP contribution in [-0.4, -0.2) is 15.4 Å². The van der Waals surface area contributed by atoms with Gasteiger partial charge in [0, 0.05) is 29.7 Å². The maximum Gasteiger partial charge on any atom is 0.144 e. The van der Waals surface area contributed by atoms with Gasteiger partial charge in [-0.05, 0) is 116 Å². The van der Waals surface area contributed by atoms with E-state index in [1.165, 1.54) is 39.1 Å². The lowest BCUT2D eigenvalue weighted by Crippen LogP contribution is -2.26. The van der Waals surface area contributed by atoms with Crippen molar-refractivity contribution >= 4 is 11.5 Å². The Labute approximate surface area is 348 Å². The van der Waals surface area contributed by atoms with Crippen molar-refractivity contribution in [3.63, 3.8) is 0 Å². The first-order chi connectivity index (χ1) is 28.1. The van der Waals surface area contributed by atoms with Gasteiger partial charge in [-0.2, -0.15) is 0 Å². The first-order valence-electron chi connectivity index (χ1n) is 20.8.